The van der Waals surface area contributed by atoms with E-state index in [1.54, 1.807) is 6.92 Å². The Morgan fingerprint density at radius 3 is 2.60 bits per heavy atom. The van der Waals surface area contributed by atoms with Crippen molar-refractivity contribution in [3.05, 3.63) is 41.9 Å². The maximum Gasteiger partial charge on any atom is 0.193 e. The van der Waals surface area contributed by atoms with Crippen LogP contribution in [0.5, 0.6) is 0 Å². The van der Waals surface area contributed by atoms with Crippen molar-refractivity contribution >= 4 is 0 Å². The highest BCUT2D eigenvalue weighted by Crippen LogP contribution is 2.23. The van der Waals surface area contributed by atoms with Crippen LogP contribution in [0.4, 0.5) is 0 Å². The molecule has 1 heterocycles. The molecule has 15 heavy (non-hydrogen) atoms. The van der Waals surface area contributed by atoms with Gasteiger partial charge in [0.25, 0.3) is 0 Å². The molecule has 0 unspecified atom stereocenters. The molecule has 0 aliphatic rings. The lowest BCUT2D eigenvalue weighted by molar-refractivity contribution is 0.534. The first-order valence-corrected chi connectivity index (χ1v) is 4.77. The van der Waals surface area contributed by atoms with E-state index < -0.39 is 0 Å². The minimum Gasteiger partial charge on any atom is -0.440 e. The van der Waals surface area contributed by atoms with E-state index in [0.29, 0.717) is 11.6 Å². The molecule has 0 atom stereocenters. The molecule has 0 saturated carbocycles. The van der Waals surface area contributed by atoms with Gasteiger partial charge in [-0.25, -0.2) is 4.98 Å². The summed E-state index contributed by atoms with van der Waals surface area (Å²) in [5.74, 6) is 7.17. The zero-order valence-corrected chi connectivity index (χ0v) is 8.74. The van der Waals surface area contributed by atoms with Crippen LogP contribution in [0.2, 0.25) is 0 Å². The van der Waals surface area contributed by atoms with Gasteiger partial charge >= 0.3 is 0 Å². The predicted molar refractivity (Wildman–Crippen MR) is 59.2 cm³/mol. The normalized spacial score (nSPS) is 9.47. The highest BCUT2D eigenvalue weighted by molar-refractivity contribution is 5.63. The molecule has 74 valence electrons. The Labute approximate surface area is 89.0 Å². The van der Waals surface area contributed by atoms with Crippen molar-refractivity contribution in [2.75, 3.05) is 0 Å². The van der Waals surface area contributed by atoms with Crippen LogP contribution in [0, 0.1) is 18.8 Å². The van der Waals surface area contributed by atoms with E-state index in [9.17, 15) is 0 Å². The maximum absolute atomic E-state index is 5.54. The molecule has 2 rings (SSSR count). The smallest absolute Gasteiger partial charge is 0.193 e. The fourth-order valence-electron chi connectivity index (χ4n) is 1.42. The van der Waals surface area contributed by atoms with Gasteiger partial charge < -0.3 is 4.42 Å². The van der Waals surface area contributed by atoms with Crippen molar-refractivity contribution in [2.45, 2.75) is 13.8 Å². The molecule has 2 heteroatoms. The van der Waals surface area contributed by atoms with Gasteiger partial charge in [-0.15, -0.1) is 0 Å². The summed E-state index contributed by atoms with van der Waals surface area (Å²) in [6.45, 7) is 3.62. The van der Waals surface area contributed by atoms with Gasteiger partial charge in [-0.05, 0) is 12.8 Å². The number of hydrogen-bond acceptors (Lipinski definition) is 2. The van der Waals surface area contributed by atoms with Crippen molar-refractivity contribution in [1.29, 1.82) is 0 Å². The molecule has 0 fully saturated rings. The molecule has 0 radical (unpaired) electrons. The van der Waals surface area contributed by atoms with Crippen LogP contribution in [-0.2, 0) is 0 Å². The zero-order valence-electron chi connectivity index (χ0n) is 8.74. The van der Waals surface area contributed by atoms with Crippen LogP contribution < -0.4 is 0 Å². The van der Waals surface area contributed by atoms with E-state index in [4.69, 9.17) is 4.42 Å². The minimum atomic E-state index is 0.645. The van der Waals surface area contributed by atoms with Gasteiger partial charge in [-0.1, -0.05) is 36.3 Å². The lowest BCUT2D eigenvalue weighted by Crippen LogP contribution is -1.79. The molecule has 0 N–H and O–H groups in total. The van der Waals surface area contributed by atoms with E-state index in [-0.39, 0.29) is 0 Å². The topological polar surface area (TPSA) is 26.0 Å². The summed E-state index contributed by atoms with van der Waals surface area (Å²) in [5.41, 5.74) is 1.72. The van der Waals surface area contributed by atoms with Crippen LogP contribution in [0.15, 0.2) is 34.7 Å². The minimum absolute atomic E-state index is 0.645. The molecule has 1 aromatic carbocycles. The van der Waals surface area contributed by atoms with Gasteiger partial charge in [0.15, 0.2) is 17.3 Å². The summed E-state index contributed by atoms with van der Waals surface area (Å²) in [6.07, 6.45) is 0. The van der Waals surface area contributed by atoms with E-state index in [1.165, 1.54) is 0 Å². The van der Waals surface area contributed by atoms with E-state index in [0.717, 1.165) is 11.3 Å². The third-order valence-electron chi connectivity index (χ3n) is 2.01. The first kappa shape index (κ1) is 9.54. The summed E-state index contributed by atoms with van der Waals surface area (Å²) in [5, 5.41) is 0. The monoisotopic (exact) mass is 197 g/mol. The van der Waals surface area contributed by atoms with Gasteiger partial charge in [-0.2, -0.15) is 0 Å². The van der Waals surface area contributed by atoms with Gasteiger partial charge in [0, 0.05) is 12.5 Å². The molecule has 1 aromatic heterocycles. The maximum atomic E-state index is 5.54. The number of hydrogen-bond donors (Lipinski definition) is 0. The molecule has 0 saturated heterocycles. The molecule has 0 aliphatic heterocycles. The molecule has 2 nitrogen and oxygen atoms in total. The van der Waals surface area contributed by atoms with Gasteiger partial charge in [0.2, 0.25) is 0 Å². The van der Waals surface area contributed by atoms with E-state index >= 15 is 0 Å². The molecule has 2 aromatic rings. The molecular formula is C13H11NO. The van der Waals surface area contributed by atoms with Crippen molar-refractivity contribution in [1.82, 2.24) is 4.98 Å². The average Bonchev–Trinajstić information content (AvgIpc) is 2.62. The number of nitrogens with zero attached hydrogens (tertiary/aromatic N) is 1. The number of rotatable bonds is 1. The van der Waals surface area contributed by atoms with Gasteiger partial charge in [-0.3, -0.25) is 0 Å². The quantitative estimate of drug-likeness (QED) is 0.657. The van der Waals surface area contributed by atoms with Crippen molar-refractivity contribution < 1.29 is 4.42 Å². The van der Waals surface area contributed by atoms with Crippen molar-refractivity contribution in [3.63, 3.8) is 0 Å². The first-order chi connectivity index (χ1) is 7.31. The molecular weight excluding hydrogens is 186 g/mol. The summed E-state index contributed by atoms with van der Waals surface area (Å²) >= 11 is 0. The standard InChI is InChI=1S/C13H11NO/c1-3-7-12-13(15-10(2)14-12)11-8-5-4-6-9-11/h4-6,8-9H,1-2H3. The van der Waals surface area contributed by atoms with Crippen LogP contribution in [0.1, 0.15) is 18.5 Å². The molecule has 0 spiro atoms. The highest BCUT2D eigenvalue weighted by Gasteiger charge is 2.10. The Kier molecular flexibility index (Phi) is 2.55. The summed E-state index contributed by atoms with van der Waals surface area (Å²) in [6, 6.07) is 9.88. The Bertz CT molecular complexity index is 514. The number of aromatic nitrogens is 1. The molecule has 0 amide bonds. The van der Waals surface area contributed by atoms with E-state index in [1.807, 2.05) is 37.3 Å². The fraction of sp³-hybridized carbons (Fsp3) is 0.154. The Balaban J connectivity index is 2.56. The number of aryl methyl sites for hydroxylation is 1. The van der Waals surface area contributed by atoms with Gasteiger partial charge in [0.1, 0.15) is 0 Å². The van der Waals surface area contributed by atoms with Crippen molar-refractivity contribution in [2.24, 2.45) is 0 Å². The first-order valence-electron chi connectivity index (χ1n) is 4.77. The lowest BCUT2D eigenvalue weighted by Gasteiger charge is -1.95. The molecule has 0 aliphatic carbocycles. The number of oxazole rings is 1. The lowest BCUT2D eigenvalue weighted by atomic mass is 10.1. The van der Waals surface area contributed by atoms with Crippen LogP contribution in [-0.4, -0.2) is 4.98 Å². The predicted octanol–water partition coefficient (Wildman–Crippen LogP) is 3.02. The second-order valence-corrected chi connectivity index (χ2v) is 3.15. The second kappa shape index (κ2) is 4.02. The highest BCUT2D eigenvalue weighted by atomic mass is 16.4. The van der Waals surface area contributed by atoms with Crippen LogP contribution >= 0.6 is 0 Å². The van der Waals surface area contributed by atoms with Gasteiger partial charge in [0.05, 0.1) is 0 Å². The number of benzene rings is 1. The molecule has 0 bridgehead atoms. The third kappa shape index (κ3) is 1.92. The second-order valence-electron chi connectivity index (χ2n) is 3.15. The Hall–Kier alpha value is -2.01. The fourth-order valence-corrected chi connectivity index (χ4v) is 1.42. The summed E-state index contributed by atoms with van der Waals surface area (Å²) in [7, 11) is 0. The SMILES string of the molecule is CC#Cc1nc(C)oc1-c1ccccc1. The van der Waals surface area contributed by atoms with Crippen LogP contribution in [0.3, 0.4) is 0 Å². The Morgan fingerprint density at radius 1 is 1.20 bits per heavy atom. The summed E-state index contributed by atoms with van der Waals surface area (Å²) < 4.78 is 5.54. The van der Waals surface area contributed by atoms with Crippen molar-refractivity contribution in [3.8, 4) is 23.2 Å². The largest absolute Gasteiger partial charge is 0.440 e. The van der Waals surface area contributed by atoms with E-state index in [2.05, 4.69) is 16.8 Å². The van der Waals surface area contributed by atoms with Crippen LogP contribution in [0.25, 0.3) is 11.3 Å². The third-order valence-corrected chi connectivity index (χ3v) is 2.01. The average molecular weight is 197 g/mol. The summed E-state index contributed by atoms with van der Waals surface area (Å²) in [4.78, 5) is 4.24. The Morgan fingerprint density at radius 2 is 1.93 bits per heavy atom. The zero-order chi connectivity index (χ0) is 10.7.